The van der Waals surface area contributed by atoms with Gasteiger partial charge in [0.05, 0.1) is 17.2 Å². The molecule has 0 aliphatic carbocycles. The predicted octanol–water partition coefficient (Wildman–Crippen LogP) is 5.84. The van der Waals surface area contributed by atoms with E-state index in [4.69, 9.17) is 4.74 Å². The van der Waals surface area contributed by atoms with Gasteiger partial charge in [-0.2, -0.15) is 0 Å². The van der Waals surface area contributed by atoms with Gasteiger partial charge in [-0.1, -0.05) is 54.6 Å². The summed E-state index contributed by atoms with van der Waals surface area (Å²) in [7, 11) is 0. The molecule has 0 fully saturated rings. The lowest BCUT2D eigenvalue weighted by atomic mass is 10.0. The standard InChI is InChI=1S/C29H31BrN2O3/c1-2-31-18-10-11-19-32(29(34)24-14-6-8-16-26(24)30)23(20-22-12-4-3-5-13-22)21-35-27-17-9-7-15-25(27)28(31)33/h3-9,12-17,23H,2,10-11,18-21H2,1H3/t23-/m1/s1. The molecule has 0 saturated heterocycles. The van der Waals surface area contributed by atoms with E-state index in [-0.39, 0.29) is 17.9 Å². The van der Waals surface area contributed by atoms with Crippen LogP contribution >= 0.6 is 15.9 Å². The maximum atomic E-state index is 13.8. The number of carbonyl (C=O) groups excluding carboxylic acids is 2. The van der Waals surface area contributed by atoms with Crippen molar-refractivity contribution in [3.8, 4) is 5.75 Å². The quantitative estimate of drug-likeness (QED) is 0.422. The molecule has 3 aromatic carbocycles. The fourth-order valence-corrected chi connectivity index (χ4v) is 4.95. The molecule has 0 spiro atoms. The number of halogens is 1. The summed E-state index contributed by atoms with van der Waals surface area (Å²) < 4.78 is 7.08. The third-order valence-corrected chi connectivity index (χ3v) is 7.11. The normalized spacial score (nSPS) is 17.1. The highest BCUT2D eigenvalue weighted by Gasteiger charge is 2.28. The lowest BCUT2D eigenvalue weighted by molar-refractivity contribution is 0.0585. The van der Waals surface area contributed by atoms with Gasteiger partial charge < -0.3 is 14.5 Å². The first kappa shape index (κ1) is 25.0. The van der Waals surface area contributed by atoms with Crippen LogP contribution in [0.25, 0.3) is 0 Å². The van der Waals surface area contributed by atoms with Crippen LogP contribution in [0, 0.1) is 0 Å². The van der Waals surface area contributed by atoms with Crippen molar-refractivity contribution in [1.82, 2.24) is 9.80 Å². The molecule has 0 bridgehead atoms. The molecule has 6 heteroatoms. The lowest BCUT2D eigenvalue weighted by Crippen LogP contribution is -2.46. The third kappa shape index (κ3) is 6.12. The Labute approximate surface area is 215 Å². The molecule has 1 aliphatic rings. The third-order valence-electron chi connectivity index (χ3n) is 6.41. The van der Waals surface area contributed by atoms with Gasteiger partial charge in [-0.3, -0.25) is 9.59 Å². The Morgan fingerprint density at radius 3 is 2.40 bits per heavy atom. The molecule has 3 aromatic rings. The monoisotopic (exact) mass is 534 g/mol. The van der Waals surface area contributed by atoms with Gasteiger partial charge in [0.2, 0.25) is 0 Å². The summed E-state index contributed by atoms with van der Waals surface area (Å²) in [5, 5.41) is 0. The topological polar surface area (TPSA) is 49.9 Å². The molecule has 1 heterocycles. The minimum atomic E-state index is -0.193. The van der Waals surface area contributed by atoms with E-state index in [2.05, 4.69) is 28.1 Å². The summed E-state index contributed by atoms with van der Waals surface area (Å²) in [6.45, 7) is 4.15. The van der Waals surface area contributed by atoms with Crippen LogP contribution in [0.5, 0.6) is 5.75 Å². The molecule has 1 atom stereocenters. The zero-order valence-electron chi connectivity index (χ0n) is 20.0. The molecule has 2 amide bonds. The Morgan fingerprint density at radius 2 is 1.63 bits per heavy atom. The number of benzene rings is 3. The van der Waals surface area contributed by atoms with Gasteiger partial charge in [0.25, 0.3) is 11.8 Å². The Kier molecular flexibility index (Phi) is 8.59. The van der Waals surface area contributed by atoms with Gasteiger partial charge in [0.1, 0.15) is 12.4 Å². The SMILES string of the molecule is CCN1CCCCN(C(=O)c2ccccc2Br)[C@H](Cc2ccccc2)COc2ccccc2C1=O. The van der Waals surface area contributed by atoms with Gasteiger partial charge in [-0.15, -0.1) is 0 Å². The fraction of sp³-hybridized carbons (Fsp3) is 0.310. The van der Waals surface area contributed by atoms with Gasteiger partial charge in [0, 0.05) is 24.1 Å². The van der Waals surface area contributed by atoms with Crippen LogP contribution in [0.3, 0.4) is 0 Å². The van der Waals surface area contributed by atoms with Crippen LogP contribution in [0.15, 0.2) is 83.3 Å². The van der Waals surface area contributed by atoms with E-state index in [0.29, 0.717) is 49.5 Å². The number of amides is 2. The molecule has 0 N–H and O–H groups in total. The van der Waals surface area contributed by atoms with Gasteiger partial charge in [0.15, 0.2) is 0 Å². The van der Waals surface area contributed by atoms with Crippen molar-refractivity contribution in [2.75, 3.05) is 26.2 Å². The number of rotatable bonds is 4. The Bertz CT molecular complexity index is 1150. The number of ether oxygens (including phenoxy) is 1. The van der Waals surface area contributed by atoms with E-state index >= 15 is 0 Å². The number of hydrogen-bond donors (Lipinski definition) is 0. The first-order chi connectivity index (χ1) is 17.1. The zero-order chi connectivity index (χ0) is 24.6. The smallest absolute Gasteiger partial charge is 0.257 e. The Hall–Kier alpha value is -3.12. The number of nitrogens with zero attached hydrogens (tertiary/aromatic N) is 2. The van der Waals surface area contributed by atoms with Crippen molar-refractivity contribution in [3.05, 3.63) is 100 Å². The van der Waals surface area contributed by atoms with E-state index in [1.54, 1.807) is 0 Å². The fourth-order valence-electron chi connectivity index (χ4n) is 4.50. The first-order valence-corrected chi connectivity index (χ1v) is 13.0. The zero-order valence-corrected chi connectivity index (χ0v) is 21.6. The molecular formula is C29H31BrN2O3. The second-order valence-electron chi connectivity index (χ2n) is 8.72. The molecule has 0 unspecified atom stereocenters. The molecule has 1 aliphatic heterocycles. The van der Waals surface area contributed by atoms with Crippen molar-refractivity contribution in [2.45, 2.75) is 32.2 Å². The highest BCUT2D eigenvalue weighted by atomic mass is 79.9. The van der Waals surface area contributed by atoms with Gasteiger partial charge in [-0.25, -0.2) is 0 Å². The van der Waals surface area contributed by atoms with E-state index in [1.165, 1.54) is 0 Å². The van der Waals surface area contributed by atoms with Crippen molar-refractivity contribution in [3.63, 3.8) is 0 Å². The first-order valence-electron chi connectivity index (χ1n) is 12.2. The van der Waals surface area contributed by atoms with Crippen LogP contribution in [0.2, 0.25) is 0 Å². The maximum absolute atomic E-state index is 13.8. The average Bonchev–Trinajstić information content (AvgIpc) is 2.89. The van der Waals surface area contributed by atoms with Crippen molar-refractivity contribution >= 4 is 27.7 Å². The second-order valence-corrected chi connectivity index (χ2v) is 9.58. The van der Waals surface area contributed by atoms with Gasteiger partial charge in [-0.05, 0) is 71.9 Å². The number of carbonyl (C=O) groups is 2. The summed E-state index contributed by atoms with van der Waals surface area (Å²) in [6.07, 6.45) is 2.28. The van der Waals surface area contributed by atoms with E-state index in [1.807, 2.05) is 83.5 Å². The van der Waals surface area contributed by atoms with Crippen molar-refractivity contribution in [1.29, 1.82) is 0 Å². The average molecular weight is 535 g/mol. The second kappa shape index (κ2) is 12.0. The number of hydrogen-bond acceptors (Lipinski definition) is 3. The predicted molar refractivity (Wildman–Crippen MR) is 142 cm³/mol. The van der Waals surface area contributed by atoms with Crippen LogP contribution in [-0.2, 0) is 6.42 Å². The summed E-state index contributed by atoms with van der Waals surface area (Å²) >= 11 is 3.56. The highest BCUT2D eigenvalue weighted by Crippen LogP contribution is 2.25. The summed E-state index contributed by atoms with van der Waals surface area (Å²) in [5.41, 5.74) is 2.35. The van der Waals surface area contributed by atoms with Crippen molar-refractivity contribution in [2.24, 2.45) is 0 Å². The molecular weight excluding hydrogens is 504 g/mol. The minimum Gasteiger partial charge on any atom is -0.491 e. The van der Waals surface area contributed by atoms with E-state index < -0.39 is 0 Å². The molecule has 35 heavy (non-hydrogen) atoms. The maximum Gasteiger partial charge on any atom is 0.257 e. The Morgan fingerprint density at radius 1 is 0.943 bits per heavy atom. The van der Waals surface area contributed by atoms with Crippen LogP contribution in [0.1, 0.15) is 46.0 Å². The molecule has 182 valence electrons. The largest absolute Gasteiger partial charge is 0.491 e. The summed E-state index contributed by atoms with van der Waals surface area (Å²) in [4.78, 5) is 30.9. The van der Waals surface area contributed by atoms with Gasteiger partial charge >= 0.3 is 0 Å². The molecule has 0 radical (unpaired) electrons. The summed E-state index contributed by atoms with van der Waals surface area (Å²) in [5.74, 6) is 0.531. The Balaban J connectivity index is 1.71. The molecule has 4 rings (SSSR count). The summed E-state index contributed by atoms with van der Waals surface area (Å²) in [6, 6.07) is 24.9. The van der Waals surface area contributed by atoms with Crippen LogP contribution in [-0.4, -0.2) is 53.9 Å². The number of para-hydroxylation sites is 1. The number of fused-ring (bicyclic) bond motifs is 1. The highest BCUT2D eigenvalue weighted by molar-refractivity contribution is 9.10. The van der Waals surface area contributed by atoms with Crippen molar-refractivity contribution < 1.29 is 14.3 Å². The lowest BCUT2D eigenvalue weighted by Gasteiger charge is -2.34. The van der Waals surface area contributed by atoms with Crippen LogP contribution < -0.4 is 4.74 Å². The van der Waals surface area contributed by atoms with Crippen LogP contribution in [0.4, 0.5) is 0 Å². The van der Waals surface area contributed by atoms with E-state index in [9.17, 15) is 9.59 Å². The minimum absolute atomic E-state index is 0.00979. The molecule has 0 aromatic heterocycles. The van der Waals surface area contributed by atoms with E-state index in [0.717, 1.165) is 22.9 Å². The molecule has 0 saturated carbocycles. The molecule has 5 nitrogen and oxygen atoms in total.